The van der Waals surface area contributed by atoms with Gasteiger partial charge in [0.05, 0.1) is 31.6 Å². The first-order valence-corrected chi connectivity index (χ1v) is 7.27. The lowest BCUT2D eigenvalue weighted by atomic mass is 10.2. The maximum absolute atomic E-state index is 13.4. The predicted molar refractivity (Wildman–Crippen MR) is 83.0 cm³/mol. The molecule has 0 aliphatic rings. The fourth-order valence-electron chi connectivity index (χ4n) is 2.02. The molecule has 0 aliphatic carbocycles. The molecular formula is C16H16F3N3O3. The van der Waals surface area contributed by atoms with Crippen LogP contribution in [0.3, 0.4) is 0 Å². The zero-order valence-corrected chi connectivity index (χ0v) is 13.3. The summed E-state index contributed by atoms with van der Waals surface area (Å²) in [4.78, 5) is 25.1. The van der Waals surface area contributed by atoms with Crippen molar-refractivity contribution in [1.82, 2.24) is 10.2 Å². The molecule has 2 rings (SSSR count). The summed E-state index contributed by atoms with van der Waals surface area (Å²) in [6.45, 7) is -0.0218. The van der Waals surface area contributed by atoms with Gasteiger partial charge >= 0.3 is 0 Å². The van der Waals surface area contributed by atoms with Crippen LogP contribution in [-0.4, -0.2) is 36.9 Å². The highest BCUT2D eigenvalue weighted by atomic mass is 19.2. The molecule has 0 aliphatic heterocycles. The van der Waals surface area contributed by atoms with Crippen molar-refractivity contribution in [3.63, 3.8) is 0 Å². The fourth-order valence-corrected chi connectivity index (χ4v) is 2.02. The summed E-state index contributed by atoms with van der Waals surface area (Å²) in [5.74, 6) is -5.06. The molecule has 2 N–H and O–H groups in total. The van der Waals surface area contributed by atoms with Crippen LogP contribution in [0.2, 0.25) is 0 Å². The zero-order chi connectivity index (χ0) is 18.4. The molecule has 0 atom stereocenters. The molecule has 2 aromatic rings. The normalized spacial score (nSPS) is 10.8. The van der Waals surface area contributed by atoms with Crippen molar-refractivity contribution in [1.29, 1.82) is 0 Å². The zero-order valence-electron chi connectivity index (χ0n) is 13.3. The molecule has 25 heavy (non-hydrogen) atoms. The molecule has 1 aromatic heterocycles. The van der Waals surface area contributed by atoms with Gasteiger partial charge < -0.3 is 15.1 Å². The van der Waals surface area contributed by atoms with E-state index < -0.39 is 41.5 Å². The Balaban J connectivity index is 1.77. The molecule has 0 radical (unpaired) electrons. The number of likely N-dealkylation sites (N-methyl/N-ethyl adjacent to an activating group) is 1. The van der Waals surface area contributed by atoms with Gasteiger partial charge in [-0.15, -0.1) is 0 Å². The summed E-state index contributed by atoms with van der Waals surface area (Å²) in [5, 5.41) is 4.40. The molecule has 0 unspecified atom stereocenters. The number of amides is 2. The standard InChI is InChI=1S/C16H16F3N3O3/c1-22(8-10-3-2-6-25-10)9-14(24)20-7-13(23)21-12-5-4-11(17)15(18)16(12)19/h2-6H,7-9H2,1H3,(H,20,24)(H,21,23). The highest BCUT2D eigenvalue weighted by Crippen LogP contribution is 2.19. The smallest absolute Gasteiger partial charge is 0.243 e. The second-order valence-electron chi connectivity index (χ2n) is 5.30. The molecule has 0 bridgehead atoms. The van der Waals surface area contributed by atoms with Crippen LogP contribution in [0.4, 0.5) is 18.9 Å². The first kappa shape index (κ1) is 18.5. The minimum absolute atomic E-state index is 0.00746. The van der Waals surface area contributed by atoms with Gasteiger partial charge in [0.25, 0.3) is 0 Å². The Kier molecular flexibility index (Phi) is 6.18. The summed E-state index contributed by atoms with van der Waals surface area (Å²) in [6, 6.07) is 5.07. The Hall–Kier alpha value is -2.81. The maximum Gasteiger partial charge on any atom is 0.243 e. The molecule has 134 valence electrons. The Morgan fingerprint density at radius 2 is 1.88 bits per heavy atom. The van der Waals surface area contributed by atoms with Crippen LogP contribution in [0.25, 0.3) is 0 Å². The minimum atomic E-state index is -1.68. The van der Waals surface area contributed by atoms with E-state index in [-0.39, 0.29) is 6.54 Å². The van der Waals surface area contributed by atoms with Gasteiger partial charge in [0.2, 0.25) is 11.8 Å². The number of anilines is 1. The van der Waals surface area contributed by atoms with E-state index in [1.54, 1.807) is 24.1 Å². The number of carbonyl (C=O) groups is 2. The molecule has 0 saturated carbocycles. The number of halogens is 3. The molecule has 6 nitrogen and oxygen atoms in total. The van der Waals surface area contributed by atoms with E-state index in [2.05, 4.69) is 10.6 Å². The minimum Gasteiger partial charge on any atom is -0.468 e. The van der Waals surface area contributed by atoms with Crippen molar-refractivity contribution in [3.05, 3.63) is 53.7 Å². The van der Waals surface area contributed by atoms with Crippen molar-refractivity contribution < 1.29 is 27.2 Å². The summed E-state index contributed by atoms with van der Waals surface area (Å²) in [5.41, 5.74) is -0.506. The van der Waals surface area contributed by atoms with Crippen molar-refractivity contribution in [2.75, 3.05) is 25.5 Å². The van der Waals surface area contributed by atoms with Crippen molar-refractivity contribution >= 4 is 17.5 Å². The van der Waals surface area contributed by atoms with E-state index in [1.165, 1.54) is 6.26 Å². The second-order valence-corrected chi connectivity index (χ2v) is 5.30. The highest BCUT2D eigenvalue weighted by Gasteiger charge is 2.16. The first-order valence-electron chi connectivity index (χ1n) is 7.27. The fraction of sp³-hybridized carbons (Fsp3) is 0.250. The van der Waals surface area contributed by atoms with Gasteiger partial charge in [0.15, 0.2) is 17.5 Å². The van der Waals surface area contributed by atoms with Crippen LogP contribution < -0.4 is 10.6 Å². The van der Waals surface area contributed by atoms with E-state index in [9.17, 15) is 22.8 Å². The predicted octanol–water partition coefficient (Wildman–Crippen LogP) is 1.88. The first-order chi connectivity index (χ1) is 11.9. The number of benzene rings is 1. The number of hydrogen-bond donors (Lipinski definition) is 2. The van der Waals surface area contributed by atoms with Crippen LogP contribution in [-0.2, 0) is 16.1 Å². The van der Waals surface area contributed by atoms with Crippen LogP contribution in [0, 0.1) is 17.5 Å². The van der Waals surface area contributed by atoms with Crippen LogP contribution in [0.15, 0.2) is 34.9 Å². The third-order valence-corrected chi connectivity index (χ3v) is 3.17. The highest BCUT2D eigenvalue weighted by molar-refractivity contribution is 5.94. The average Bonchev–Trinajstić information content (AvgIpc) is 3.06. The monoisotopic (exact) mass is 355 g/mol. The third kappa shape index (κ3) is 5.35. The summed E-state index contributed by atoms with van der Waals surface area (Å²) >= 11 is 0. The van der Waals surface area contributed by atoms with E-state index in [0.717, 1.165) is 6.07 Å². The lowest BCUT2D eigenvalue weighted by Gasteiger charge is -2.14. The topological polar surface area (TPSA) is 74.6 Å². The average molecular weight is 355 g/mol. The van der Waals surface area contributed by atoms with E-state index >= 15 is 0 Å². The Morgan fingerprint density at radius 3 is 2.56 bits per heavy atom. The quantitative estimate of drug-likeness (QED) is 0.744. The molecule has 0 spiro atoms. The van der Waals surface area contributed by atoms with Gasteiger partial charge in [-0.2, -0.15) is 0 Å². The lowest BCUT2D eigenvalue weighted by molar-refractivity contribution is -0.124. The molecule has 1 heterocycles. The van der Waals surface area contributed by atoms with Gasteiger partial charge in [0, 0.05) is 0 Å². The van der Waals surface area contributed by atoms with Crippen molar-refractivity contribution in [2.45, 2.75) is 6.54 Å². The second kappa shape index (κ2) is 8.34. The van der Waals surface area contributed by atoms with Gasteiger partial charge in [-0.25, -0.2) is 13.2 Å². The van der Waals surface area contributed by atoms with Crippen LogP contribution in [0.5, 0.6) is 0 Å². The van der Waals surface area contributed by atoms with E-state index in [0.29, 0.717) is 18.4 Å². The molecule has 0 saturated heterocycles. The summed E-state index contributed by atoms with van der Waals surface area (Å²) < 4.78 is 44.5. The molecule has 9 heteroatoms. The van der Waals surface area contributed by atoms with Gasteiger partial charge in [-0.3, -0.25) is 14.5 Å². The number of hydrogen-bond acceptors (Lipinski definition) is 4. The Bertz CT molecular complexity index is 751. The van der Waals surface area contributed by atoms with Crippen molar-refractivity contribution in [3.8, 4) is 0 Å². The summed E-state index contributed by atoms with van der Waals surface area (Å²) in [7, 11) is 1.69. The number of furan rings is 1. The SMILES string of the molecule is CN(CC(=O)NCC(=O)Nc1ccc(F)c(F)c1F)Cc1ccco1. The Labute approximate surface area is 141 Å². The number of nitrogens with zero attached hydrogens (tertiary/aromatic N) is 1. The largest absolute Gasteiger partial charge is 0.468 e. The molecule has 1 aromatic carbocycles. The molecular weight excluding hydrogens is 339 g/mol. The van der Waals surface area contributed by atoms with Crippen LogP contribution >= 0.6 is 0 Å². The van der Waals surface area contributed by atoms with Gasteiger partial charge in [0.1, 0.15) is 5.76 Å². The van der Waals surface area contributed by atoms with Gasteiger partial charge in [-0.1, -0.05) is 0 Å². The Morgan fingerprint density at radius 1 is 1.12 bits per heavy atom. The maximum atomic E-state index is 13.4. The number of carbonyl (C=O) groups excluding carboxylic acids is 2. The lowest BCUT2D eigenvalue weighted by Crippen LogP contribution is -2.39. The van der Waals surface area contributed by atoms with Crippen LogP contribution in [0.1, 0.15) is 5.76 Å². The van der Waals surface area contributed by atoms with Gasteiger partial charge in [-0.05, 0) is 31.3 Å². The third-order valence-electron chi connectivity index (χ3n) is 3.17. The number of nitrogens with one attached hydrogen (secondary N) is 2. The molecule has 0 fully saturated rings. The van der Waals surface area contributed by atoms with E-state index in [4.69, 9.17) is 4.42 Å². The van der Waals surface area contributed by atoms with E-state index in [1.807, 2.05) is 0 Å². The number of rotatable bonds is 7. The molecule has 2 amide bonds. The van der Waals surface area contributed by atoms with Crippen molar-refractivity contribution in [2.24, 2.45) is 0 Å². The summed E-state index contributed by atoms with van der Waals surface area (Å²) in [6.07, 6.45) is 1.52.